The maximum Gasteiger partial charge on any atom is 0.222 e. The van der Waals surface area contributed by atoms with Crippen molar-refractivity contribution in [3.8, 4) is 0 Å². The number of amides is 1. The Kier molecular flexibility index (Phi) is 3.51. The van der Waals surface area contributed by atoms with Gasteiger partial charge in [0.05, 0.1) is 6.20 Å². The van der Waals surface area contributed by atoms with E-state index in [-0.39, 0.29) is 5.91 Å². The van der Waals surface area contributed by atoms with Gasteiger partial charge in [0.25, 0.3) is 0 Å². The van der Waals surface area contributed by atoms with Gasteiger partial charge in [-0.2, -0.15) is 0 Å². The molecule has 0 bridgehead atoms. The SMILES string of the molecule is CC(=O)Nc1cn(CCC2CCNC2)nn1. The van der Waals surface area contributed by atoms with Crippen molar-refractivity contribution in [3.63, 3.8) is 0 Å². The first kappa shape index (κ1) is 11.1. The van der Waals surface area contributed by atoms with E-state index in [1.807, 2.05) is 0 Å². The number of anilines is 1. The maximum absolute atomic E-state index is 10.8. The van der Waals surface area contributed by atoms with Crippen LogP contribution in [0.25, 0.3) is 0 Å². The summed E-state index contributed by atoms with van der Waals surface area (Å²) in [6, 6.07) is 0. The zero-order valence-corrected chi connectivity index (χ0v) is 9.44. The molecule has 2 N–H and O–H groups in total. The van der Waals surface area contributed by atoms with E-state index in [2.05, 4.69) is 20.9 Å². The first-order valence-corrected chi connectivity index (χ1v) is 5.62. The summed E-state index contributed by atoms with van der Waals surface area (Å²) in [7, 11) is 0. The molecule has 1 fully saturated rings. The topological polar surface area (TPSA) is 71.8 Å². The summed E-state index contributed by atoms with van der Waals surface area (Å²) in [5.41, 5.74) is 0. The Morgan fingerprint density at radius 3 is 3.31 bits per heavy atom. The van der Waals surface area contributed by atoms with E-state index < -0.39 is 0 Å². The molecule has 6 nitrogen and oxygen atoms in total. The molecule has 1 unspecified atom stereocenters. The Morgan fingerprint density at radius 2 is 2.62 bits per heavy atom. The van der Waals surface area contributed by atoms with Gasteiger partial charge in [-0.3, -0.25) is 9.48 Å². The Hall–Kier alpha value is -1.43. The molecule has 1 aromatic rings. The fraction of sp³-hybridized carbons (Fsp3) is 0.700. The number of rotatable bonds is 4. The molecule has 0 radical (unpaired) electrons. The minimum atomic E-state index is -0.118. The first-order valence-electron chi connectivity index (χ1n) is 5.62. The van der Waals surface area contributed by atoms with Crippen LogP contribution in [0, 0.1) is 5.92 Å². The minimum Gasteiger partial charge on any atom is -0.316 e. The van der Waals surface area contributed by atoms with Crippen LogP contribution in [-0.4, -0.2) is 34.0 Å². The van der Waals surface area contributed by atoms with Crippen LogP contribution in [0.2, 0.25) is 0 Å². The summed E-state index contributed by atoms with van der Waals surface area (Å²) in [6.45, 7) is 4.55. The lowest BCUT2D eigenvalue weighted by atomic mass is 10.1. The Balaban J connectivity index is 1.80. The van der Waals surface area contributed by atoms with Crippen LogP contribution in [0.3, 0.4) is 0 Å². The van der Waals surface area contributed by atoms with E-state index in [0.29, 0.717) is 5.82 Å². The largest absolute Gasteiger partial charge is 0.316 e. The van der Waals surface area contributed by atoms with Gasteiger partial charge in [0.2, 0.25) is 5.91 Å². The number of hydrogen-bond acceptors (Lipinski definition) is 4. The van der Waals surface area contributed by atoms with Crippen LogP contribution in [0.5, 0.6) is 0 Å². The second-order valence-corrected chi connectivity index (χ2v) is 4.20. The monoisotopic (exact) mass is 223 g/mol. The van der Waals surface area contributed by atoms with E-state index in [0.717, 1.165) is 32.0 Å². The van der Waals surface area contributed by atoms with Crippen LogP contribution < -0.4 is 10.6 Å². The fourth-order valence-electron chi connectivity index (χ4n) is 1.92. The summed E-state index contributed by atoms with van der Waals surface area (Å²) in [6.07, 6.45) is 4.12. The molecule has 16 heavy (non-hydrogen) atoms. The number of carbonyl (C=O) groups is 1. The van der Waals surface area contributed by atoms with Gasteiger partial charge < -0.3 is 10.6 Å². The molecule has 1 atom stereocenters. The average Bonchev–Trinajstić information content (AvgIpc) is 2.84. The second-order valence-electron chi connectivity index (χ2n) is 4.20. The molecule has 2 heterocycles. The zero-order valence-electron chi connectivity index (χ0n) is 9.44. The molecule has 6 heteroatoms. The van der Waals surface area contributed by atoms with Gasteiger partial charge >= 0.3 is 0 Å². The van der Waals surface area contributed by atoms with Crippen molar-refractivity contribution in [2.45, 2.75) is 26.3 Å². The van der Waals surface area contributed by atoms with Crippen molar-refractivity contribution >= 4 is 11.7 Å². The standard InChI is InChI=1S/C10H17N5O/c1-8(16)12-10-7-15(14-13-10)5-3-9-2-4-11-6-9/h7,9,11H,2-6H2,1H3,(H,12,16). The molecule has 0 saturated carbocycles. The van der Waals surface area contributed by atoms with E-state index in [4.69, 9.17) is 0 Å². The van der Waals surface area contributed by atoms with Crippen LogP contribution in [0.4, 0.5) is 5.82 Å². The third-order valence-electron chi connectivity index (χ3n) is 2.77. The summed E-state index contributed by atoms with van der Waals surface area (Å²) < 4.78 is 1.78. The van der Waals surface area contributed by atoms with E-state index in [9.17, 15) is 4.79 Å². The minimum absolute atomic E-state index is 0.118. The number of aromatic nitrogens is 3. The summed E-state index contributed by atoms with van der Waals surface area (Å²) >= 11 is 0. The third-order valence-corrected chi connectivity index (χ3v) is 2.77. The number of aryl methyl sites for hydroxylation is 1. The van der Waals surface area contributed by atoms with E-state index >= 15 is 0 Å². The molecule has 1 aliphatic rings. The molecule has 0 spiro atoms. The lowest BCUT2D eigenvalue weighted by Gasteiger charge is -2.06. The van der Waals surface area contributed by atoms with Crippen LogP contribution in [0.1, 0.15) is 19.8 Å². The van der Waals surface area contributed by atoms with Crippen molar-refractivity contribution in [2.75, 3.05) is 18.4 Å². The summed E-state index contributed by atoms with van der Waals surface area (Å²) in [4.78, 5) is 10.8. The first-order chi connectivity index (χ1) is 7.74. The number of nitrogens with one attached hydrogen (secondary N) is 2. The fourth-order valence-corrected chi connectivity index (χ4v) is 1.92. The van der Waals surface area contributed by atoms with Gasteiger partial charge in [-0.25, -0.2) is 0 Å². The highest BCUT2D eigenvalue weighted by molar-refractivity contribution is 5.87. The Labute approximate surface area is 94.4 Å². The highest BCUT2D eigenvalue weighted by atomic mass is 16.1. The van der Waals surface area contributed by atoms with Gasteiger partial charge in [-0.05, 0) is 31.8 Å². The van der Waals surface area contributed by atoms with Crippen molar-refractivity contribution in [3.05, 3.63) is 6.20 Å². The van der Waals surface area contributed by atoms with Gasteiger partial charge in [-0.15, -0.1) is 5.10 Å². The van der Waals surface area contributed by atoms with Crippen LogP contribution in [0.15, 0.2) is 6.20 Å². The van der Waals surface area contributed by atoms with Crippen LogP contribution >= 0.6 is 0 Å². The Morgan fingerprint density at radius 1 is 1.75 bits per heavy atom. The zero-order chi connectivity index (χ0) is 11.4. The van der Waals surface area contributed by atoms with Gasteiger partial charge in [0.15, 0.2) is 5.82 Å². The average molecular weight is 223 g/mol. The van der Waals surface area contributed by atoms with Crippen LogP contribution in [-0.2, 0) is 11.3 Å². The van der Waals surface area contributed by atoms with Gasteiger partial charge in [0.1, 0.15) is 0 Å². The predicted molar refractivity (Wildman–Crippen MR) is 59.9 cm³/mol. The quantitative estimate of drug-likeness (QED) is 0.766. The van der Waals surface area contributed by atoms with Crippen molar-refractivity contribution in [1.29, 1.82) is 0 Å². The molecular weight excluding hydrogens is 206 g/mol. The highest BCUT2D eigenvalue weighted by Gasteiger charge is 2.14. The number of carbonyl (C=O) groups excluding carboxylic acids is 1. The van der Waals surface area contributed by atoms with Gasteiger partial charge in [-0.1, -0.05) is 5.21 Å². The third kappa shape index (κ3) is 3.03. The van der Waals surface area contributed by atoms with E-state index in [1.165, 1.54) is 13.3 Å². The molecule has 0 aliphatic carbocycles. The van der Waals surface area contributed by atoms with Crippen molar-refractivity contribution < 1.29 is 4.79 Å². The summed E-state index contributed by atoms with van der Waals surface area (Å²) in [5.74, 6) is 1.15. The Bertz CT molecular complexity index is 356. The summed E-state index contributed by atoms with van der Waals surface area (Å²) in [5, 5.41) is 13.8. The normalized spacial score (nSPS) is 19.9. The van der Waals surface area contributed by atoms with E-state index in [1.54, 1.807) is 10.9 Å². The molecule has 1 saturated heterocycles. The molecular formula is C10H17N5O. The molecule has 1 amide bonds. The molecule has 0 aromatic carbocycles. The highest BCUT2D eigenvalue weighted by Crippen LogP contribution is 2.13. The lowest BCUT2D eigenvalue weighted by molar-refractivity contribution is -0.114. The van der Waals surface area contributed by atoms with Gasteiger partial charge in [0, 0.05) is 13.5 Å². The number of nitrogens with zero attached hydrogens (tertiary/aromatic N) is 3. The molecule has 1 aliphatic heterocycles. The van der Waals surface area contributed by atoms with Crippen molar-refractivity contribution in [1.82, 2.24) is 20.3 Å². The number of hydrogen-bond donors (Lipinski definition) is 2. The smallest absolute Gasteiger partial charge is 0.222 e. The molecule has 88 valence electrons. The molecule has 2 rings (SSSR count). The second kappa shape index (κ2) is 5.07. The predicted octanol–water partition coefficient (Wildman–Crippen LogP) is 0.236. The van der Waals surface area contributed by atoms with Crippen molar-refractivity contribution in [2.24, 2.45) is 5.92 Å². The lowest BCUT2D eigenvalue weighted by Crippen LogP contribution is -2.11. The maximum atomic E-state index is 10.8. The molecule has 1 aromatic heterocycles.